The number of carbonyl (C=O) groups excluding carboxylic acids is 1. The third-order valence-corrected chi connectivity index (χ3v) is 5.35. The minimum atomic E-state index is -4.85. The second-order valence-corrected chi connectivity index (χ2v) is 8.18. The summed E-state index contributed by atoms with van der Waals surface area (Å²) in [6.45, 7) is 0. The Hall–Kier alpha value is -4.77. The van der Waals surface area contributed by atoms with Gasteiger partial charge in [0.1, 0.15) is 11.6 Å². The molecule has 15 heteroatoms. The highest BCUT2D eigenvalue weighted by atomic mass is 35.5. The first-order valence-corrected chi connectivity index (χ1v) is 11.0. The Bertz CT molecular complexity index is 1550. The largest absolute Gasteiger partial charge is 0.493 e. The van der Waals surface area contributed by atoms with E-state index in [2.05, 4.69) is 5.32 Å². The fraction of sp³-hybridized carbons (Fsp3) is 0.120. The first-order valence-electron chi connectivity index (χ1n) is 10.7. The number of rotatable bonds is 7. The molecule has 208 valence electrons. The number of hydrogen-bond donors (Lipinski definition) is 1. The van der Waals surface area contributed by atoms with Crippen molar-refractivity contribution in [2.24, 2.45) is 0 Å². The predicted octanol–water partition coefficient (Wildman–Crippen LogP) is 7.63. The Kier molecular flexibility index (Phi) is 8.59. The summed E-state index contributed by atoms with van der Waals surface area (Å²) >= 11 is 6.22. The highest BCUT2D eigenvalue weighted by molar-refractivity contribution is 6.32. The molecule has 0 aliphatic rings. The SMILES string of the molecule is COc1cc(/C=C(\C#N)C(=O)Nc2cccc(C(F)(F)F)c2)cc(Cl)c1Oc1ccc(C(F)(F)F)cc1[N+](=O)[O-]. The summed E-state index contributed by atoms with van der Waals surface area (Å²) in [6, 6.07) is 9.29. The number of hydrogen-bond acceptors (Lipinski definition) is 6. The molecule has 0 bridgehead atoms. The number of ether oxygens (including phenoxy) is 2. The van der Waals surface area contributed by atoms with Crippen LogP contribution < -0.4 is 14.8 Å². The first kappa shape index (κ1) is 29.8. The summed E-state index contributed by atoms with van der Waals surface area (Å²) in [4.78, 5) is 22.8. The lowest BCUT2D eigenvalue weighted by Gasteiger charge is -2.14. The highest BCUT2D eigenvalue weighted by Crippen LogP contribution is 2.44. The van der Waals surface area contributed by atoms with Gasteiger partial charge in [0.2, 0.25) is 5.75 Å². The van der Waals surface area contributed by atoms with E-state index in [-0.39, 0.29) is 33.8 Å². The van der Waals surface area contributed by atoms with Gasteiger partial charge in [-0.1, -0.05) is 17.7 Å². The fourth-order valence-corrected chi connectivity index (χ4v) is 3.50. The average molecular weight is 586 g/mol. The molecule has 0 aliphatic carbocycles. The Labute approximate surface area is 226 Å². The van der Waals surface area contributed by atoms with Gasteiger partial charge in [0.25, 0.3) is 5.91 Å². The van der Waals surface area contributed by atoms with Gasteiger partial charge in [0, 0.05) is 11.8 Å². The van der Waals surface area contributed by atoms with E-state index in [1.54, 1.807) is 6.07 Å². The molecule has 0 aliphatic heterocycles. The van der Waals surface area contributed by atoms with Crippen LogP contribution in [0.4, 0.5) is 37.7 Å². The number of alkyl halides is 6. The number of halogens is 7. The van der Waals surface area contributed by atoms with Crippen molar-refractivity contribution in [3.63, 3.8) is 0 Å². The Morgan fingerprint density at radius 3 is 2.25 bits per heavy atom. The van der Waals surface area contributed by atoms with Gasteiger partial charge in [0.15, 0.2) is 11.5 Å². The van der Waals surface area contributed by atoms with Crippen LogP contribution in [0.1, 0.15) is 16.7 Å². The average Bonchev–Trinajstić information content (AvgIpc) is 2.87. The number of methoxy groups -OCH3 is 1. The van der Waals surface area contributed by atoms with Crippen molar-refractivity contribution in [1.29, 1.82) is 5.26 Å². The molecule has 3 rings (SSSR count). The molecular weight excluding hydrogens is 572 g/mol. The predicted molar refractivity (Wildman–Crippen MR) is 130 cm³/mol. The molecule has 0 saturated heterocycles. The van der Waals surface area contributed by atoms with Crippen LogP contribution in [-0.4, -0.2) is 17.9 Å². The van der Waals surface area contributed by atoms with Crippen LogP contribution in [0, 0.1) is 21.4 Å². The van der Waals surface area contributed by atoms with Crippen molar-refractivity contribution in [1.82, 2.24) is 0 Å². The van der Waals surface area contributed by atoms with Crippen molar-refractivity contribution in [3.8, 4) is 23.3 Å². The number of benzene rings is 3. The normalized spacial score (nSPS) is 11.9. The third kappa shape index (κ3) is 7.00. The third-order valence-electron chi connectivity index (χ3n) is 5.07. The van der Waals surface area contributed by atoms with Crippen LogP contribution in [0.5, 0.6) is 17.2 Å². The van der Waals surface area contributed by atoms with E-state index in [1.165, 1.54) is 12.1 Å². The van der Waals surface area contributed by atoms with E-state index in [0.29, 0.717) is 12.1 Å². The molecule has 3 aromatic rings. The van der Waals surface area contributed by atoms with Crippen molar-refractivity contribution in [2.75, 3.05) is 12.4 Å². The number of nitrogens with one attached hydrogen (secondary N) is 1. The van der Waals surface area contributed by atoms with Crippen LogP contribution in [0.15, 0.2) is 60.2 Å². The van der Waals surface area contributed by atoms with E-state index in [0.717, 1.165) is 37.5 Å². The van der Waals surface area contributed by atoms with Crippen molar-refractivity contribution in [2.45, 2.75) is 12.4 Å². The van der Waals surface area contributed by atoms with Crippen LogP contribution >= 0.6 is 11.6 Å². The number of nitro benzene ring substituents is 1. The lowest BCUT2D eigenvalue weighted by molar-refractivity contribution is -0.385. The maximum atomic E-state index is 13.0. The summed E-state index contributed by atoms with van der Waals surface area (Å²) < 4.78 is 88.3. The molecule has 8 nitrogen and oxygen atoms in total. The minimum Gasteiger partial charge on any atom is -0.493 e. The van der Waals surface area contributed by atoms with Crippen molar-refractivity contribution in [3.05, 3.63) is 92.0 Å². The molecule has 40 heavy (non-hydrogen) atoms. The molecule has 0 radical (unpaired) electrons. The van der Waals surface area contributed by atoms with Gasteiger partial charge in [-0.15, -0.1) is 0 Å². The van der Waals surface area contributed by atoms with E-state index < -0.39 is 51.3 Å². The van der Waals surface area contributed by atoms with Crippen LogP contribution in [0.25, 0.3) is 6.08 Å². The summed E-state index contributed by atoms with van der Waals surface area (Å²) in [5, 5.41) is 22.7. The molecule has 3 aromatic carbocycles. The van der Waals surface area contributed by atoms with Crippen molar-refractivity contribution < 1.29 is 45.5 Å². The number of nitro groups is 1. The Morgan fingerprint density at radius 2 is 1.68 bits per heavy atom. The molecule has 0 fully saturated rings. The zero-order valence-electron chi connectivity index (χ0n) is 19.9. The summed E-state index contributed by atoms with van der Waals surface area (Å²) in [5.74, 6) is -2.13. The first-order chi connectivity index (χ1) is 18.6. The maximum Gasteiger partial charge on any atom is 0.416 e. The standard InChI is InChI=1S/C25H14ClF6N3O5/c1-39-21-9-13(7-14(12-33)23(36)34-17-4-2-3-15(10-17)24(27,28)29)8-18(26)22(21)40-20-6-5-16(25(30,31)32)11-19(20)35(37)38/h2-11H,1H3,(H,34,36)/b14-7+. The van der Waals surface area contributed by atoms with Gasteiger partial charge < -0.3 is 14.8 Å². The number of amides is 1. The zero-order valence-corrected chi connectivity index (χ0v) is 20.6. The molecule has 1 N–H and O–H groups in total. The van der Waals surface area contributed by atoms with Gasteiger partial charge in [-0.3, -0.25) is 14.9 Å². The van der Waals surface area contributed by atoms with Gasteiger partial charge >= 0.3 is 18.0 Å². The van der Waals surface area contributed by atoms with Gasteiger partial charge in [0.05, 0.1) is 28.2 Å². The van der Waals surface area contributed by atoms with Crippen LogP contribution in [0.3, 0.4) is 0 Å². The maximum absolute atomic E-state index is 13.0. The molecule has 0 unspecified atom stereocenters. The quantitative estimate of drug-likeness (QED) is 0.100. The van der Waals surface area contributed by atoms with Gasteiger partial charge in [-0.2, -0.15) is 31.6 Å². The number of carbonyl (C=O) groups is 1. The Balaban J connectivity index is 1.94. The van der Waals surface area contributed by atoms with Crippen LogP contribution in [0.2, 0.25) is 5.02 Å². The summed E-state index contributed by atoms with van der Waals surface area (Å²) in [7, 11) is 1.15. The van der Waals surface area contributed by atoms with E-state index in [1.807, 2.05) is 0 Å². The van der Waals surface area contributed by atoms with E-state index in [4.69, 9.17) is 21.1 Å². The highest BCUT2D eigenvalue weighted by Gasteiger charge is 2.34. The second-order valence-electron chi connectivity index (χ2n) is 7.78. The molecule has 0 saturated carbocycles. The van der Waals surface area contributed by atoms with Gasteiger partial charge in [-0.05, 0) is 54.1 Å². The topological polar surface area (TPSA) is 114 Å². The van der Waals surface area contributed by atoms with Crippen molar-refractivity contribution >= 4 is 35.0 Å². The number of nitrogens with zero attached hydrogens (tertiary/aromatic N) is 2. The smallest absolute Gasteiger partial charge is 0.416 e. The molecule has 0 spiro atoms. The lowest BCUT2D eigenvalue weighted by atomic mass is 10.1. The zero-order chi connectivity index (χ0) is 29.8. The lowest BCUT2D eigenvalue weighted by Crippen LogP contribution is -2.14. The van der Waals surface area contributed by atoms with Gasteiger partial charge in [-0.25, -0.2) is 0 Å². The monoisotopic (exact) mass is 585 g/mol. The molecule has 0 atom stereocenters. The summed E-state index contributed by atoms with van der Waals surface area (Å²) in [5.41, 5.74) is -3.99. The molecule has 0 aromatic heterocycles. The Morgan fingerprint density at radius 1 is 1.02 bits per heavy atom. The summed E-state index contributed by atoms with van der Waals surface area (Å²) in [6.07, 6.45) is -8.48. The van der Waals surface area contributed by atoms with Crippen LogP contribution in [-0.2, 0) is 17.1 Å². The van der Waals surface area contributed by atoms with E-state index >= 15 is 0 Å². The number of nitriles is 1. The molecule has 1 amide bonds. The molecule has 0 heterocycles. The molecular formula is C25H14ClF6N3O5. The fourth-order valence-electron chi connectivity index (χ4n) is 3.24. The van der Waals surface area contributed by atoms with E-state index in [9.17, 15) is 46.5 Å². The second kappa shape index (κ2) is 11.5. The minimum absolute atomic E-state index is 0.0758. The number of anilines is 1.